The molecule has 0 bridgehead atoms. The number of aliphatic imine (C=N–C) groups is 1. The van der Waals surface area contributed by atoms with Crippen LogP contribution >= 0.6 is 0 Å². The van der Waals surface area contributed by atoms with E-state index in [0.29, 0.717) is 35.5 Å². The van der Waals surface area contributed by atoms with Gasteiger partial charge in [-0.3, -0.25) is 9.79 Å². The van der Waals surface area contributed by atoms with Crippen LogP contribution in [0.2, 0.25) is 0 Å². The van der Waals surface area contributed by atoms with Crippen LogP contribution < -0.4 is 10.6 Å². The van der Waals surface area contributed by atoms with Crippen LogP contribution in [0.3, 0.4) is 0 Å². The standard InChI is InChI=1S/C30H29F2N7O/c1-16-17(2)36-28-24(16)26-19(13-34-27(28)25-22(31)5-4-6-23(25)32)14-35-30(38-26)37-20-9-7-18(8-10-20)29(40)39-12-11-21(15-39)33-3/h4-10,14,21,33,36H,11-13,15H2,1-3H3,(H,35,37,38). The van der Waals surface area contributed by atoms with Gasteiger partial charge in [0.25, 0.3) is 5.91 Å². The van der Waals surface area contributed by atoms with Gasteiger partial charge < -0.3 is 20.5 Å². The van der Waals surface area contributed by atoms with Gasteiger partial charge in [-0.15, -0.1) is 0 Å². The quantitative estimate of drug-likeness (QED) is 0.334. The van der Waals surface area contributed by atoms with Crippen LogP contribution in [-0.4, -0.2) is 57.6 Å². The average Bonchev–Trinajstić information content (AvgIpc) is 3.51. The Bertz CT molecular complexity index is 1620. The van der Waals surface area contributed by atoms with Crippen molar-refractivity contribution in [2.75, 3.05) is 25.5 Å². The van der Waals surface area contributed by atoms with Crippen molar-refractivity contribution >= 4 is 23.3 Å². The van der Waals surface area contributed by atoms with E-state index < -0.39 is 11.6 Å². The fraction of sp³-hybridized carbons (Fsp3) is 0.267. The molecule has 2 aromatic carbocycles. The fourth-order valence-corrected chi connectivity index (χ4v) is 5.35. The normalized spacial score (nSPS) is 16.3. The third kappa shape index (κ3) is 4.54. The molecule has 8 nitrogen and oxygen atoms in total. The van der Waals surface area contributed by atoms with Crippen LogP contribution in [0.5, 0.6) is 0 Å². The van der Waals surface area contributed by atoms with E-state index in [1.165, 1.54) is 18.2 Å². The van der Waals surface area contributed by atoms with Crippen LogP contribution in [0.25, 0.3) is 11.3 Å². The maximum absolute atomic E-state index is 14.8. The van der Waals surface area contributed by atoms with Gasteiger partial charge in [-0.25, -0.2) is 18.7 Å². The Morgan fingerprint density at radius 3 is 2.52 bits per heavy atom. The number of anilines is 2. The predicted octanol–water partition coefficient (Wildman–Crippen LogP) is 4.90. The molecule has 1 atom stereocenters. The molecule has 1 saturated heterocycles. The lowest BCUT2D eigenvalue weighted by Gasteiger charge is -2.16. The summed E-state index contributed by atoms with van der Waals surface area (Å²) in [6.45, 7) is 5.46. The van der Waals surface area contributed by atoms with E-state index in [0.717, 1.165) is 41.0 Å². The largest absolute Gasteiger partial charge is 0.357 e. The van der Waals surface area contributed by atoms with E-state index in [4.69, 9.17) is 4.98 Å². The van der Waals surface area contributed by atoms with Gasteiger partial charge in [-0.1, -0.05) is 6.07 Å². The van der Waals surface area contributed by atoms with E-state index in [2.05, 4.69) is 25.6 Å². The molecule has 4 aromatic rings. The lowest BCUT2D eigenvalue weighted by molar-refractivity contribution is 0.0789. The number of hydrogen-bond acceptors (Lipinski definition) is 6. The average molecular weight is 542 g/mol. The highest BCUT2D eigenvalue weighted by Crippen LogP contribution is 2.36. The number of H-pyrrole nitrogens is 1. The molecule has 2 aliphatic heterocycles. The lowest BCUT2D eigenvalue weighted by Crippen LogP contribution is -2.33. The Kier molecular flexibility index (Phi) is 6.63. The summed E-state index contributed by atoms with van der Waals surface area (Å²) in [6.07, 6.45) is 2.63. The SMILES string of the molecule is CNC1CCN(C(=O)c2ccc(Nc3ncc4c(n3)-c3c([nH]c(C)c3C)C(c3c(F)cccc3F)=NC4)cc2)C1. The molecule has 10 heteroatoms. The van der Waals surface area contributed by atoms with Crippen molar-refractivity contribution in [2.45, 2.75) is 32.9 Å². The van der Waals surface area contributed by atoms with Gasteiger partial charge in [0.1, 0.15) is 11.6 Å². The topological polar surface area (TPSA) is 98.3 Å². The monoisotopic (exact) mass is 541 g/mol. The molecule has 2 aliphatic rings. The molecule has 1 unspecified atom stereocenters. The molecular weight excluding hydrogens is 512 g/mol. The number of rotatable bonds is 5. The van der Waals surface area contributed by atoms with Crippen molar-refractivity contribution in [3.8, 4) is 11.3 Å². The van der Waals surface area contributed by atoms with Gasteiger partial charge >= 0.3 is 0 Å². The number of likely N-dealkylation sites (N-methyl/N-ethyl adjacent to an activating group) is 1. The number of carbonyl (C=O) groups is 1. The number of aromatic amines is 1. The Morgan fingerprint density at radius 2 is 1.82 bits per heavy atom. The molecule has 0 saturated carbocycles. The lowest BCUT2D eigenvalue weighted by atomic mass is 9.98. The summed E-state index contributed by atoms with van der Waals surface area (Å²) in [5.74, 6) is -0.984. The smallest absolute Gasteiger partial charge is 0.253 e. The van der Waals surface area contributed by atoms with Crippen molar-refractivity contribution in [1.29, 1.82) is 0 Å². The summed E-state index contributed by atoms with van der Waals surface area (Å²) in [7, 11) is 1.91. The molecule has 0 aliphatic carbocycles. The Hall–Kier alpha value is -4.44. The van der Waals surface area contributed by atoms with Gasteiger partial charge in [0, 0.05) is 53.4 Å². The number of aryl methyl sites for hydroxylation is 1. The van der Waals surface area contributed by atoms with E-state index in [1.807, 2.05) is 37.9 Å². The van der Waals surface area contributed by atoms with Crippen molar-refractivity contribution in [3.05, 3.63) is 93.9 Å². The van der Waals surface area contributed by atoms with Crippen LogP contribution in [-0.2, 0) is 6.54 Å². The van der Waals surface area contributed by atoms with Gasteiger partial charge in [0.05, 0.1) is 29.2 Å². The molecule has 40 heavy (non-hydrogen) atoms. The number of nitrogens with zero attached hydrogens (tertiary/aromatic N) is 4. The zero-order chi connectivity index (χ0) is 28.0. The van der Waals surface area contributed by atoms with Crippen molar-refractivity contribution in [1.82, 2.24) is 25.2 Å². The van der Waals surface area contributed by atoms with E-state index in [1.54, 1.807) is 18.3 Å². The maximum atomic E-state index is 14.8. The second-order valence-electron chi connectivity index (χ2n) is 10.2. The first-order valence-electron chi connectivity index (χ1n) is 13.2. The molecule has 2 aromatic heterocycles. The molecule has 204 valence electrons. The molecule has 3 N–H and O–H groups in total. The predicted molar refractivity (Wildman–Crippen MR) is 150 cm³/mol. The summed E-state index contributed by atoms with van der Waals surface area (Å²) in [6, 6.07) is 11.4. The van der Waals surface area contributed by atoms with Gasteiger partial charge in [-0.05, 0) is 69.3 Å². The summed E-state index contributed by atoms with van der Waals surface area (Å²) in [5.41, 5.74) is 5.81. The minimum absolute atomic E-state index is 0.0125. The zero-order valence-electron chi connectivity index (χ0n) is 22.5. The first kappa shape index (κ1) is 25.8. The highest BCUT2D eigenvalue weighted by Gasteiger charge is 2.29. The number of likely N-dealkylation sites (tertiary alicyclic amines) is 1. The molecule has 1 amide bonds. The number of fused-ring (bicyclic) bond motifs is 3. The van der Waals surface area contributed by atoms with E-state index in [-0.39, 0.29) is 23.7 Å². The molecule has 0 spiro atoms. The first-order valence-corrected chi connectivity index (χ1v) is 13.2. The molecule has 0 radical (unpaired) electrons. The van der Waals surface area contributed by atoms with E-state index in [9.17, 15) is 13.6 Å². The van der Waals surface area contributed by atoms with Gasteiger partial charge in [0.2, 0.25) is 5.95 Å². The van der Waals surface area contributed by atoms with Crippen LogP contribution in [0.15, 0.2) is 53.7 Å². The maximum Gasteiger partial charge on any atom is 0.253 e. The van der Waals surface area contributed by atoms with Crippen LogP contribution in [0, 0.1) is 25.5 Å². The number of benzene rings is 2. The third-order valence-electron chi connectivity index (χ3n) is 7.72. The van der Waals surface area contributed by atoms with Crippen molar-refractivity contribution in [3.63, 3.8) is 0 Å². The van der Waals surface area contributed by atoms with Crippen LogP contribution in [0.1, 0.15) is 44.9 Å². The summed E-state index contributed by atoms with van der Waals surface area (Å²) >= 11 is 0. The number of hydrogen-bond donors (Lipinski definition) is 3. The van der Waals surface area contributed by atoms with Gasteiger partial charge in [-0.2, -0.15) is 0 Å². The Morgan fingerprint density at radius 1 is 1.07 bits per heavy atom. The first-order chi connectivity index (χ1) is 19.3. The Labute approximate surface area is 230 Å². The van der Waals surface area contributed by atoms with Crippen LogP contribution in [0.4, 0.5) is 20.4 Å². The number of carbonyl (C=O) groups excluding carboxylic acids is 1. The Balaban J connectivity index is 1.30. The molecule has 6 rings (SSSR count). The van der Waals surface area contributed by atoms with Crippen molar-refractivity contribution < 1.29 is 13.6 Å². The molecule has 4 heterocycles. The minimum atomic E-state index is -0.678. The minimum Gasteiger partial charge on any atom is -0.357 e. The highest BCUT2D eigenvalue weighted by atomic mass is 19.1. The number of aromatic nitrogens is 3. The summed E-state index contributed by atoms with van der Waals surface area (Å²) in [5, 5.41) is 6.45. The molecule has 1 fully saturated rings. The summed E-state index contributed by atoms with van der Waals surface area (Å²) in [4.78, 5) is 31.9. The van der Waals surface area contributed by atoms with Gasteiger partial charge in [0.15, 0.2) is 0 Å². The highest BCUT2D eigenvalue weighted by molar-refractivity contribution is 6.16. The third-order valence-corrected chi connectivity index (χ3v) is 7.72. The van der Waals surface area contributed by atoms with E-state index >= 15 is 0 Å². The molecular formula is C30H29F2N7O. The number of nitrogens with one attached hydrogen (secondary N) is 3. The number of halogens is 2. The number of amides is 1. The summed E-state index contributed by atoms with van der Waals surface area (Å²) < 4.78 is 29.6. The zero-order valence-corrected chi connectivity index (χ0v) is 22.5. The fourth-order valence-electron chi connectivity index (χ4n) is 5.35. The second kappa shape index (κ2) is 10.3. The second-order valence-corrected chi connectivity index (χ2v) is 10.2. The van der Waals surface area contributed by atoms with Crippen molar-refractivity contribution in [2.24, 2.45) is 4.99 Å².